The largest absolute Gasteiger partial charge is 0.496 e. The second-order valence-corrected chi connectivity index (χ2v) is 5.96. The maximum absolute atomic E-state index is 12.3. The van der Waals surface area contributed by atoms with Crippen molar-refractivity contribution >= 4 is 39.2 Å². The van der Waals surface area contributed by atoms with Crippen LogP contribution in [-0.2, 0) is 0 Å². The number of aromatic nitrogens is 3. The summed E-state index contributed by atoms with van der Waals surface area (Å²) in [6, 6.07) is 4.81. The third-order valence-corrected chi connectivity index (χ3v) is 4.49. The first-order chi connectivity index (χ1) is 11.6. The Hall–Kier alpha value is -3.13. The summed E-state index contributed by atoms with van der Waals surface area (Å²) >= 11 is 1.46. The number of fused-ring (bicyclic) bond motifs is 2. The van der Waals surface area contributed by atoms with E-state index in [4.69, 9.17) is 4.74 Å². The molecule has 0 aliphatic rings. The minimum Gasteiger partial charge on any atom is -0.496 e. The number of nitrogens with one attached hydrogen (secondary N) is 2. The van der Waals surface area contributed by atoms with Crippen LogP contribution in [0.25, 0.3) is 33.3 Å². The molecule has 7 nitrogen and oxygen atoms in total. The highest BCUT2D eigenvalue weighted by Gasteiger charge is 2.16. The second kappa shape index (κ2) is 5.20. The van der Waals surface area contributed by atoms with Gasteiger partial charge in [0.15, 0.2) is 5.69 Å². The van der Waals surface area contributed by atoms with E-state index in [9.17, 15) is 14.7 Å². The molecule has 3 N–H and O–H groups in total. The molecule has 0 radical (unpaired) electrons. The Labute approximate surface area is 138 Å². The highest BCUT2D eigenvalue weighted by molar-refractivity contribution is 7.09. The van der Waals surface area contributed by atoms with Gasteiger partial charge in [0.1, 0.15) is 11.3 Å². The second-order valence-electron chi connectivity index (χ2n) is 5.21. The maximum Gasteiger partial charge on any atom is 0.339 e. The Morgan fingerprint density at radius 2 is 2.04 bits per heavy atom. The summed E-state index contributed by atoms with van der Waals surface area (Å²) in [5.74, 6) is -0.828. The van der Waals surface area contributed by atoms with Crippen molar-refractivity contribution in [2.75, 3.05) is 7.11 Å². The van der Waals surface area contributed by atoms with Crippen LogP contribution in [0.1, 0.15) is 10.4 Å². The monoisotopic (exact) mass is 341 g/mol. The van der Waals surface area contributed by atoms with Gasteiger partial charge in [0, 0.05) is 27.7 Å². The first-order valence-electron chi connectivity index (χ1n) is 6.97. The van der Waals surface area contributed by atoms with Crippen molar-refractivity contribution in [3.05, 3.63) is 44.9 Å². The van der Waals surface area contributed by atoms with Gasteiger partial charge in [-0.2, -0.15) is 0 Å². The number of carbonyl (C=O) groups is 1. The van der Waals surface area contributed by atoms with Gasteiger partial charge < -0.3 is 19.8 Å². The zero-order valence-electron chi connectivity index (χ0n) is 12.4. The van der Waals surface area contributed by atoms with Gasteiger partial charge in [-0.1, -0.05) is 0 Å². The first-order valence-corrected chi connectivity index (χ1v) is 7.92. The minimum absolute atomic E-state index is 0.0608. The molecule has 0 bridgehead atoms. The number of aromatic carboxylic acids is 1. The predicted molar refractivity (Wildman–Crippen MR) is 91.0 cm³/mol. The molecule has 0 aliphatic carbocycles. The lowest BCUT2D eigenvalue weighted by Crippen LogP contribution is -2.10. The van der Waals surface area contributed by atoms with Crippen LogP contribution in [0.4, 0.5) is 0 Å². The SMILES string of the molecule is COc1cc2[nH]c(-c3nc4cscc4[nH]c3=O)cc2cc1C(=O)O. The molecule has 3 heterocycles. The molecule has 3 aromatic heterocycles. The zero-order valence-corrected chi connectivity index (χ0v) is 13.2. The number of ether oxygens (including phenoxy) is 1. The van der Waals surface area contributed by atoms with Gasteiger partial charge in [0.25, 0.3) is 5.56 Å². The molecule has 0 amide bonds. The van der Waals surface area contributed by atoms with Crippen LogP contribution in [-0.4, -0.2) is 33.1 Å². The Bertz CT molecular complexity index is 1160. The number of hydrogen-bond acceptors (Lipinski definition) is 5. The molecule has 4 rings (SSSR count). The van der Waals surface area contributed by atoms with E-state index in [0.29, 0.717) is 27.6 Å². The molecule has 0 saturated carbocycles. The Morgan fingerprint density at radius 3 is 2.79 bits per heavy atom. The number of aromatic amines is 2. The number of rotatable bonds is 3. The normalized spacial score (nSPS) is 11.2. The summed E-state index contributed by atoms with van der Waals surface area (Å²) in [7, 11) is 1.41. The third kappa shape index (κ3) is 2.16. The highest BCUT2D eigenvalue weighted by Crippen LogP contribution is 2.29. The van der Waals surface area contributed by atoms with E-state index in [1.807, 2.05) is 10.8 Å². The topological polar surface area (TPSA) is 108 Å². The average molecular weight is 341 g/mol. The van der Waals surface area contributed by atoms with Crippen LogP contribution in [0.2, 0.25) is 0 Å². The molecule has 0 spiro atoms. The fourth-order valence-electron chi connectivity index (χ4n) is 2.63. The van der Waals surface area contributed by atoms with E-state index in [0.717, 1.165) is 0 Å². The Morgan fingerprint density at radius 1 is 1.21 bits per heavy atom. The molecule has 0 atom stereocenters. The van der Waals surface area contributed by atoms with Gasteiger partial charge in [-0.25, -0.2) is 9.78 Å². The quantitative estimate of drug-likeness (QED) is 0.531. The molecule has 1 aromatic carbocycles. The van der Waals surface area contributed by atoms with Gasteiger partial charge in [-0.3, -0.25) is 4.79 Å². The summed E-state index contributed by atoms with van der Waals surface area (Å²) in [5.41, 5.74) is 2.59. The van der Waals surface area contributed by atoms with Crippen LogP contribution >= 0.6 is 11.3 Å². The van der Waals surface area contributed by atoms with Crippen molar-refractivity contribution < 1.29 is 14.6 Å². The number of benzene rings is 1. The molecular formula is C16H11N3O4S. The fraction of sp³-hybridized carbons (Fsp3) is 0.0625. The lowest BCUT2D eigenvalue weighted by molar-refractivity contribution is 0.0693. The minimum atomic E-state index is -1.08. The molecule has 0 saturated heterocycles. The van der Waals surface area contributed by atoms with Crippen molar-refractivity contribution in [1.29, 1.82) is 0 Å². The molecule has 24 heavy (non-hydrogen) atoms. The van der Waals surface area contributed by atoms with Crippen LogP contribution in [0.15, 0.2) is 33.8 Å². The van der Waals surface area contributed by atoms with E-state index < -0.39 is 5.97 Å². The van der Waals surface area contributed by atoms with Crippen molar-refractivity contribution in [3.8, 4) is 17.1 Å². The summed E-state index contributed by atoms with van der Waals surface area (Å²) in [5, 5.41) is 13.6. The third-order valence-electron chi connectivity index (χ3n) is 3.76. The lowest BCUT2D eigenvalue weighted by atomic mass is 10.1. The number of hydrogen-bond donors (Lipinski definition) is 3. The van der Waals surface area contributed by atoms with E-state index in [1.165, 1.54) is 24.5 Å². The lowest BCUT2D eigenvalue weighted by Gasteiger charge is -2.04. The smallest absolute Gasteiger partial charge is 0.339 e. The van der Waals surface area contributed by atoms with Crippen molar-refractivity contribution in [2.45, 2.75) is 0 Å². The highest BCUT2D eigenvalue weighted by atomic mass is 32.1. The van der Waals surface area contributed by atoms with E-state index >= 15 is 0 Å². The number of carboxylic acid groups (broad SMARTS) is 1. The van der Waals surface area contributed by atoms with Gasteiger partial charge in [-0.15, -0.1) is 11.3 Å². The summed E-state index contributed by atoms with van der Waals surface area (Å²) in [4.78, 5) is 33.8. The van der Waals surface area contributed by atoms with Crippen molar-refractivity contribution in [1.82, 2.24) is 15.0 Å². The van der Waals surface area contributed by atoms with Crippen LogP contribution in [0, 0.1) is 0 Å². The van der Waals surface area contributed by atoms with Crippen molar-refractivity contribution in [2.24, 2.45) is 0 Å². The molecule has 8 heteroatoms. The van der Waals surface area contributed by atoms with E-state index in [1.54, 1.807) is 12.1 Å². The summed E-state index contributed by atoms with van der Waals surface area (Å²) < 4.78 is 5.12. The van der Waals surface area contributed by atoms with E-state index in [-0.39, 0.29) is 22.6 Å². The van der Waals surface area contributed by atoms with Gasteiger partial charge in [0.2, 0.25) is 0 Å². The van der Waals surface area contributed by atoms with Crippen LogP contribution < -0.4 is 10.3 Å². The van der Waals surface area contributed by atoms with Gasteiger partial charge >= 0.3 is 5.97 Å². The van der Waals surface area contributed by atoms with E-state index in [2.05, 4.69) is 15.0 Å². The van der Waals surface area contributed by atoms with Crippen LogP contribution in [0.3, 0.4) is 0 Å². The molecule has 0 aliphatic heterocycles. The average Bonchev–Trinajstić information content (AvgIpc) is 3.17. The maximum atomic E-state index is 12.3. The summed E-state index contributed by atoms with van der Waals surface area (Å²) in [6.45, 7) is 0. The molecular weight excluding hydrogens is 330 g/mol. The van der Waals surface area contributed by atoms with Gasteiger partial charge in [-0.05, 0) is 12.1 Å². The van der Waals surface area contributed by atoms with Crippen LogP contribution in [0.5, 0.6) is 5.75 Å². The van der Waals surface area contributed by atoms with Crippen molar-refractivity contribution in [3.63, 3.8) is 0 Å². The molecule has 120 valence electrons. The number of carboxylic acids is 1. The molecule has 0 unspecified atom stereocenters. The Kier molecular flexibility index (Phi) is 3.14. The Balaban J connectivity index is 1.94. The fourth-order valence-corrected chi connectivity index (χ4v) is 3.32. The number of nitrogens with zero attached hydrogens (tertiary/aromatic N) is 1. The molecule has 4 aromatic rings. The first kappa shape index (κ1) is 14.5. The van der Waals surface area contributed by atoms with Gasteiger partial charge in [0.05, 0.1) is 23.8 Å². The number of methoxy groups -OCH3 is 1. The number of H-pyrrole nitrogens is 2. The standard InChI is InChI=1S/C16H11N3O4S/c1-23-13-4-9-7(2-8(13)16(21)22)3-10(17-9)14-15(20)19-12-6-24-5-11(12)18-14/h2-6,17H,1H3,(H,19,20)(H,21,22). The predicted octanol–water partition coefficient (Wildman–Crippen LogP) is 2.84. The zero-order chi connectivity index (χ0) is 16.8. The number of thiophene rings is 1. The summed E-state index contributed by atoms with van der Waals surface area (Å²) in [6.07, 6.45) is 0. The molecule has 0 fully saturated rings.